The first-order chi connectivity index (χ1) is 15.3. The predicted molar refractivity (Wildman–Crippen MR) is 139 cm³/mol. The summed E-state index contributed by atoms with van der Waals surface area (Å²) in [6.45, 7) is 5.11. The summed E-state index contributed by atoms with van der Waals surface area (Å²) < 4.78 is 12.7. The van der Waals surface area contributed by atoms with Crippen molar-refractivity contribution in [1.82, 2.24) is 4.90 Å². The first-order valence-corrected chi connectivity index (χ1v) is 12.8. The first-order valence-electron chi connectivity index (χ1n) is 10.1. The van der Waals surface area contributed by atoms with Gasteiger partial charge in [0.2, 0.25) is 0 Å². The molecule has 1 saturated heterocycles. The lowest BCUT2D eigenvalue weighted by molar-refractivity contribution is -0.122. The number of rotatable bonds is 9. The molecule has 0 aliphatic carbocycles. The third-order valence-electron chi connectivity index (χ3n) is 4.61. The van der Waals surface area contributed by atoms with Gasteiger partial charge in [-0.3, -0.25) is 14.5 Å². The van der Waals surface area contributed by atoms with E-state index in [2.05, 4.69) is 22.6 Å². The molecule has 1 heterocycles. The minimum absolute atomic E-state index is 0.226. The molecule has 0 atom stereocenters. The van der Waals surface area contributed by atoms with E-state index in [1.165, 1.54) is 4.90 Å². The van der Waals surface area contributed by atoms with Crippen molar-refractivity contribution in [3.8, 4) is 11.5 Å². The Morgan fingerprint density at radius 2 is 1.88 bits per heavy atom. The zero-order valence-corrected chi connectivity index (χ0v) is 22.1. The number of benzene rings is 2. The second-order valence-electron chi connectivity index (χ2n) is 6.99. The summed E-state index contributed by atoms with van der Waals surface area (Å²) in [4.78, 5) is 26.6. The summed E-state index contributed by atoms with van der Waals surface area (Å²) in [6.07, 6.45) is 3.44. The van der Waals surface area contributed by atoms with Crippen molar-refractivity contribution in [1.29, 1.82) is 0 Å². The molecule has 0 aromatic heterocycles. The molecule has 5 nitrogen and oxygen atoms in total. The lowest BCUT2D eigenvalue weighted by Crippen LogP contribution is -2.29. The summed E-state index contributed by atoms with van der Waals surface area (Å²) in [5.41, 5.74) is 1.64. The van der Waals surface area contributed by atoms with Crippen LogP contribution in [0.4, 0.5) is 4.79 Å². The van der Waals surface area contributed by atoms with Crippen molar-refractivity contribution in [2.75, 3.05) is 13.2 Å². The SMILES string of the molecule is CCCCN1C(=O)S/C(=C\c2cc(I)c(OCc3ccc(Cl)c(Cl)c3)c(OCC)c2)C1=O. The third-order valence-corrected chi connectivity index (χ3v) is 7.05. The van der Waals surface area contributed by atoms with Crippen LogP contribution >= 0.6 is 57.6 Å². The molecule has 1 aliphatic heterocycles. The molecular formula is C23H22Cl2INO4S. The van der Waals surface area contributed by atoms with Gasteiger partial charge in [-0.05, 0) is 89.2 Å². The molecule has 3 rings (SSSR count). The van der Waals surface area contributed by atoms with Crippen LogP contribution in [0.5, 0.6) is 11.5 Å². The summed E-state index contributed by atoms with van der Waals surface area (Å²) in [5.74, 6) is 0.920. The second-order valence-corrected chi connectivity index (χ2v) is 9.96. The number of unbranched alkanes of at least 4 members (excludes halogenated alkanes) is 1. The van der Waals surface area contributed by atoms with Gasteiger partial charge in [-0.2, -0.15) is 0 Å². The number of carbonyl (C=O) groups is 2. The molecule has 2 aromatic carbocycles. The Balaban J connectivity index is 1.83. The van der Waals surface area contributed by atoms with E-state index in [-0.39, 0.29) is 11.1 Å². The molecule has 0 unspecified atom stereocenters. The van der Waals surface area contributed by atoms with Crippen molar-refractivity contribution in [2.45, 2.75) is 33.3 Å². The Hall–Kier alpha value is -1.42. The lowest BCUT2D eigenvalue weighted by Gasteiger charge is -2.15. The number of nitrogens with zero attached hydrogens (tertiary/aromatic N) is 1. The van der Waals surface area contributed by atoms with E-state index in [1.807, 2.05) is 32.0 Å². The minimum Gasteiger partial charge on any atom is -0.490 e. The number of amides is 2. The molecule has 32 heavy (non-hydrogen) atoms. The number of carbonyl (C=O) groups excluding carboxylic acids is 2. The summed E-state index contributed by atoms with van der Waals surface area (Å²) >= 11 is 15.2. The molecule has 2 amide bonds. The highest BCUT2D eigenvalue weighted by Gasteiger charge is 2.34. The Morgan fingerprint density at radius 3 is 2.56 bits per heavy atom. The third kappa shape index (κ3) is 6.12. The second kappa shape index (κ2) is 11.6. The Kier molecular flexibility index (Phi) is 9.16. The monoisotopic (exact) mass is 605 g/mol. The Bertz CT molecular complexity index is 1060. The van der Waals surface area contributed by atoms with Crippen LogP contribution in [0.1, 0.15) is 37.8 Å². The van der Waals surface area contributed by atoms with Gasteiger partial charge < -0.3 is 9.47 Å². The van der Waals surface area contributed by atoms with Crippen LogP contribution in [0.2, 0.25) is 10.0 Å². The molecule has 0 N–H and O–H groups in total. The number of thioether (sulfide) groups is 1. The Labute approximate surface area is 215 Å². The zero-order valence-electron chi connectivity index (χ0n) is 17.6. The molecule has 0 saturated carbocycles. The Morgan fingerprint density at radius 1 is 1.09 bits per heavy atom. The van der Waals surface area contributed by atoms with Crippen LogP contribution < -0.4 is 9.47 Å². The fourth-order valence-electron chi connectivity index (χ4n) is 3.02. The zero-order chi connectivity index (χ0) is 23.3. The fourth-order valence-corrected chi connectivity index (χ4v) is 4.99. The highest BCUT2D eigenvalue weighted by atomic mass is 127. The molecule has 1 aliphatic rings. The summed E-state index contributed by atoms with van der Waals surface area (Å²) in [5, 5.41) is 0.732. The lowest BCUT2D eigenvalue weighted by atomic mass is 10.1. The van der Waals surface area contributed by atoms with Gasteiger partial charge in [0.25, 0.3) is 11.1 Å². The molecular weight excluding hydrogens is 584 g/mol. The maximum Gasteiger partial charge on any atom is 0.293 e. The topological polar surface area (TPSA) is 55.8 Å². The average molecular weight is 606 g/mol. The van der Waals surface area contributed by atoms with E-state index in [4.69, 9.17) is 32.7 Å². The predicted octanol–water partition coefficient (Wildman–Crippen LogP) is 7.41. The number of ether oxygens (including phenoxy) is 2. The average Bonchev–Trinajstić information content (AvgIpc) is 3.01. The minimum atomic E-state index is -0.249. The molecule has 0 bridgehead atoms. The highest BCUT2D eigenvalue weighted by Crippen LogP contribution is 2.38. The number of hydrogen-bond acceptors (Lipinski definition) is 5. The van der Waals surface area contributed by atoms with Crippen LogP contribution in [0.15, 0.2) is 35.2 Å². The van der Waals surface area contributed by atoms with Gasteiger partial charge in [0.15, 0.2) is 11.5 Å². The molecule has 9 heteroatoms. The standard InChI is InChI=1S/C23H22Cl2INO4S/c1-3-5-8-27-22(28)20(32-23(27)29)12-15-10-18(26)21(19(11-15)30-4-2)31-13-14-6-7-16(24)17(25)9-14/h6-7,9-12H,3-5,8,13H2,1-2H3/b20-12-. The van der Waals surface area contributed by atoms with Crippen LogP contribution in [0, 0.1) is 3.57 Å². The van der Waals surface area contributed by atoms with Gasteiger partial charge in [0.05, 0.1) is 25.1 Å². The van der Waals surface area contributed by atoms with Crippen molar-refractivity contribution in [3.63, 3.8) is 0 Å². The smallest absolute Gasteiger partial charge is 0.293 e. The quantitative estimate of drug-likeness (QED) is 0.220. The van der Waals surface area contributed by atoms with E-state index in [1.54, 1.807) is 18.2 Å². The van der Waals surface area contributed by atoms with Crippen LogP contribution in [-0.4, -0.2) is 29.2 Å². The molecule has 0 spiro atoms. The van der Waals surface area contributed by atoms with E-state index >= 15 is 0 Å². The number of halogens is 3. The van der Waals surface area contributed by atoms with Crippen LogP contribution in [0.25, 0.3) is 6.08 Å². The summed E-state index contributed by atoms with van der Waals surface area (Å²) in [7, 11) is 0. The number of imide groups is 1. The maximum atomic E-state index is 12.6. The van der Waals surface area contributed by atoms with Crippen LogP contribution in [-0.2, 0) is 11.4 Å². The molecule has 0 radical (unpaired) electrons. The van der Waals surface area contributed by atoms with Gasteiger partial charge in [0, 0.05) is 6.54 Å². The van der Waals surface area contributed by atoms with Gasteiger partial charge in [0.1, 0.15) is 6.61 Å². The summed E-state index contributed by atoms with van der Waals surface area (Å²) in [6, 6.07) is 9.06. The fraction of sp³-hybridized carbons (Fsp3) is 0.304. The van der Waals surface area contributed by atoms with E-state index in [0.717, 1.165) is 39.3 Å². The van der Waals surface area contributed by atoms with Gasteiger partial charge in [-0.25, -0.2) is 0 Å². The largest absolute Gasteiger partial charge is 0.490 e. The first kappa shape index (κ1) is 25.2. The number of hydrogen-bond donors (Lipinski definition) is 0. The van der Waals surface area contributed by atoms with Crippen molar-refractivity contribution in [3.05, 3.63) is 60.0 Å². The molecule has 170 valence electrons. The van der Waals surface area contributed by atoms with Crippen LogP contribution in [0.3, 0.4) is 0 Å². The van der Waals surface area contributed by atoms with Crippen molar-refractivity contribution >= 4 is 74.8 Å². The maximum absolute atomic E-state index is 12.6. The highest BCUT2D eigenvalue weighted by molar-refractivity contribution is 14.1. The van der Waals surface area contributed by atoms with E-state index in [9.17, 15) is 9.59 Å². The van der Waals surface area contributed by atoms with Crippen molar-refractivity contribution < 1.29 is 19.1 Å². The van der Waals surface area contributed by atoms with Gasteiger partial charge in [-0.1, -0.05) is 42.6 Å². The molecule has 2 aromatic rings. The van der Waals surface area contributed by atoms with Crippen molar-refractivity contribution in [2.24, 2.45) is 0 Å². The van der Waals surface area contributed by atoms with E-state index < -0.39 is 0 Å². The van der Waals surface area contributed by atoms with Gasteiger partial charge in [-0.15, -0.1) is 0 Å². The molecule has 1 fully saturated rings. The van der Waals surface area contributed by atoms with Gasteiger partial charge >= 0.3 is 0 Å². The normalized spacial score (nSPS) is 15.0. The van der Waals surface area contributed by atoms with E-state index in [0.29, 0.717) is 46.2 Å².